The van der Waals surface area contributed by atoms with Gasteiger partial charge in [0.25, 0.3) is 0 Å². The van der Waals surface area contributed by atoms with E-state index in [1.54, 1.807) is 6.07 Å². The zero-order valence-corrected chi connectivity index (χ0v) is 12.4. The van der Waals surface area contributed by atoms with Gasteiger partial charge >= 0.3 is 0 Å². The van der Waals surface area contributed by atoms with Gasteiger partial charge in [0.15, 0.2) is 6.61 Å². The van der Waals surface area contributed by atoms with Gasteiger partial charge in [0, 0.05) is 12.1 Å². The average Bonchev–Trinajstić information content (AvgIpc) is 2.90. The predicted molar refractivity (Wildman–Crippen MR) is 76.6 cm³/mol. The zero-order chi connectivity index (χ0) is 14.4. The number of rotatable bonds is 7. The summed E-state index contributed by atoms with van der Waals surface area (Å²) in [5.74, 6) is 1.75. The molecule has 0 amide bonds. The number of hydrogen-bond donors (Lipinski definition) is 1. The summed E-state index contributed by atoms with van der Waals surface area (Å²) in [7, 11) is 0. The smallest absolute Gasteiger partial charge is 0.213 e. The lowest BCUT2D eigenvalue weighted by Gasteiger charge is -2.13. The minimum atomic E-state index is 0.234. The Morgan fingerprint density at radius 3 is 2.95 bits per heavy atom. The third-order valence-electron chi connectivity index (χ3n) is 2.67. The van der Waals surface area contributed by atoms with Gasteiger partial charge in [0.2, 0.25) is 12.2 Å². The molecule has 0 radical (unpaired) electrons. The van der Waals surface area contributed by atoms with Crippen molar-refractivity contribution in [3.63, 3.8) is 0 Å². The highest BCUT2D eigenvalue weighted by Crippen LogP contribution is 2.29. The summed E-state index contributed by atoms with van der Waals surface area (Å²) in [5, 5.41) is 7.66. The molecule has 20 heavy (non-hydrogen) atoms. The fraction of sp³-hybridized carbons (Fsp3) is 0.429. The Balaban J connectivity index is 2.01. The van der Waals surface area contributed by atoms with E-state index >= 15 is 0 Å². The van der Waals surface area contributed by atoms with Gasteiger partial charge in [-0.3, -0.25) is 0 Å². The number of ether oxygens (including phenoxy) is 1. The third-order valence-corrected chi connectivity index (χ3v) is 2.97. The summed E-state index contributed by atoms with van der Waals surface area (Å²) in [6.07, 6.45) is 1.27. The van der Waals surface area contributed by atoms with Gasteiger partial charge in [-0.25, -0.2) is 0 Å². The second-order valence-corrected chi connectivity index (χ2v) is 5.30. The third kappa shape index (κ3) is 4.21. The molecule has 0 atom stereocenters. The Hall–Kier alpha value is -1.59. The molecule has 0 spiro atoms. The van der Waals surface area contributed by atoms with Crippen LogP contribution in [0.15, 0.2) is 29.1 Å². The second-order valence-electron chi connectivity index (χ2n) is 4.89. The van der Waals surface area contributed by atoms with Gasteiger partial charge in [-0.15, -0.1) is 0 Å². The molecule has 1 N–H and O–H groups in total. The largest absolute Gasteiger partial charge is 0.484 e. The van der Waals surface area contributed by atoms with Crippen LogP contribution >= 0.6 is 11.6 Å². The SMILES string of the molecule is CC(C)CNCc1cccc(Cl)c1OCc1ncon1. The molecule has 1 aromatic carbocycles. The topological polar surface area (TPSA) is 60.2 Å². The van der Waals surface area contributed by atoms with Crippen LogP contribution in [0.2, 0.25) is 5.02 Å². The minimum absolute atomic E-state index is 0.234. The van der Waals surface area contributed by atoms with Crippen molar-refractivity contribution in [1.82, 2.24) is 15.5 Å². The molecule has 0 saturated carbocycles. The molecule has 0 bridgehead atoms. The van der Waals surface area contributed by atoms with E-state index < -0.39 is 0 Å². The van der Waals surface area contributed by atoms with Crippen LogP contribution < -0.4 is 10.1 Å². The number of halogens is 1. The molecule has 0 aliphatic carbocycles. The van der Waals surface area contributed by atoms with Gasteiger partial charge in [-0.2, -0.15) is 4.98 Å². The van der Waals surface area contributed by atoms with Crippen molar-refractivity contribution in [3.05, 3.63) is 41.0 Å². The number of benzene rings is 1. The van der Waals surface area contributed by atoms with Crippen LogP contribution in [0.5, 0.6) is 5.75 Å². The average molecular weight is 296 g/mol. The number of nitrogens with one attached hydrogen (secondary N) is 1. The quantitative estimate of drug-likeness (QED) is 0.851. The van der Waals surface area contributed by atoms with Crippen molar-refractivity contribution >= 4 is 11.6 Å². The molecule has 2 aromatic rings. The van der Waals surface area contributed by atoms with Crippen molar-refractivity contribution in [2.24, 2.45) is 5.92 Å². The highest BCUT2D eigenvalue weighted by Gasteiger charge is 2.10. The molecular weight excluding hydrogens is 278 g/mol. The molecule has 0 aliphatic heterocycles. The van der Waals surface area contributed by atoms with E-state index in [-0.39, 0.29) is 6.61 Å². The van der Waals surface area contributed by atoms with Gasteiger partial charge in [-0.1, -0.05) is 42.7 Å². The van der Waals surface area contributed by atoms with Crippen LogP contribution in [-0.4, -0.2) is 16.7 Å². The standard InChI is InChI=1S/C14H18ClN3O2/c1-10(2)6-16-7-11-4-3-5-12(15)14(11)19-8-13-17-9-20-18-13/h3-5,9-10,16H,6-8H2,1-2H3. The van der Waals surface area contributed by atoms with E-state index in [0.717, 1.165) is 12.1 Å². The maximum Gasteiger partial charge on any atom is 0.213 e. The molecular formula is C14H18ClN3O2. The van der Waals surface area contributed by atoms with Gasteiger partial charge in [0.05, 0.1) is 5.02 Å². The van der Waals surface area contributed by atoms with E-state index in [0.29, 0.717) is 29.1 Å². The molecule has 1 aromatic heterocycles. The first-order valence-electron chi connectivity index (χ1n) is 6.53. The highest BCUT2D eigenvalue weighted by molar-refractivity contribution is 6.32. The molecule has 0 unspecified atom stereocenters. The minimum Gasteiger partial charge on any atom is -0.484 e. The Morgan fingerprint density at radius 1 is 1.40 bits per heavy atom. The molecule has 2 rings (SSSR count). The molecule has 5 nitrogen and oxygen atoms in total. The first-order valence-corrected chi connectivity index (χ1v) is 6.90. The van der Waals surface area contributed by atoms with E-state index in [1.807, 2.05) is 12.1 Å². The summed E-state index contributed by atoms with van der Waals surface area (Å²) in [6.45, 7) is 6.21. The first-order chi connectivity index (χ1) is 9.66. The van der Waals surface area contributed by atoms with E-state index in [4.69, 9.17) is 16.3 Å². The lowest BCUT2D eigenvalue weighted by molar-refractivity contribution is 0.283. The van der Waals surface area contributed by atoms with Crippen LogP contribution in [0.3, 0.4) is 0 Å². The molecule has 0 aliphatic rings. The Kier molecular flexibility index (Phi) is 5.38. The van der Waals surface area contributed by atoms with Crippen LogP contribution in [0.25, 0.3) is 0 Å². The number of para-hydroxylation sites is 1. The maximum atomic E-state index is 6.19. The molecule has 108 valence electrons. The predicted octanol–water partition coefficient (Wildman–Crippen LogP) is 3.05. The summed E-state index contributed by atoms with van der Waals surface area (Å²) in [5.41, 5.74) is 1.02. The van der Waals surface area contributed by atoms with Crippen molar-refractivity contribution in [3.8, 4) is 5.75 Å². The Labute approximate surface area is 123 Å². The summed E-state index contributed by atoms with van der Waals surface area (Å²) in [4.78, 5) is 3.91. The molecule has 1 heterocycles. The number of aromatic nitrogens is 2. The first kappa shape index (κ1) is 14.8. The van der Waals surface area contributed by atoms with Crippen molar-refractivity contribution in [2.45, 2.75) is 27.0 Å². The van der Waals surface area contributed by atoms with Crippen LogP contribution in [0, 0.1) is 5.92 Å². The van der Waals surface area contributed by atoms with Crippen LogP contribution in [0.1, 0.15) is 25.2 Å². The van der Waals surface area contributed by atoms with E-state index in [9.17, 15) is 0 Å². The zero-order valence-electron chi connectivity index (χ0n) is 11.6. The number of hydrogen-bond acceptors (Lipinski definition) is 5. The highest BCUT2D eigenvalue weighted by atomic mass is 35.5. The monoisotopic (exact) mass is 295 g/mol. The van der Waals surface area contributed by atoms with Crippen molar-refractivity contribution < 1.29 is 9.26 Å². The van der Waals surface area contributed by atoms with Gasteiger partial charge < -0.3 is 14.6 Å². The Bertz CT molecular complexity index is 529. The molecule has 0 fully saturated rings. The summed E-state index contributed by atoms with van der Waals surface area (Å²) >= 11 is 6.19. The van der Waals surface area contributed by atoms with Crippen LogP contribution in [-0.2, 0) is 13.2 Å². The van der Waals surface area contributed by atoms with E-state index in [2.05, 4.69) is 33.8 Å². The van der Waals surface area contributed by atoms with Gasteiger partial charge in [-0.05, 0) is 18.5 Å². The lowest BCUT2D eigenvalue weighted by atomic mass is 10.2. The fourth-order valence-electron chi connectivity index (χ4n) is 1.74. The maximum absolute atomic E-state index is 6.19. The Morgan fingerprint density at radius 2 is 2.25 bits per heavy atom. The van der Waals surface area contributed by atoms with Crippen molar-refractivity contribution in [2.75, 3.05) is 6.54 Å². The fourth-order valence-corrected chi connectivity index (χ4v) is 1.99. The molecule has 6 heteroatoms. The second kappa shape index (κ2) is 7.26. The summed E-state index contributed by atoms with van der Waals surface area (Å²) < 4.78 is 10.4. The van der Waals surface area contributed by atoms with Crippen LogP contribution in [0.4, 0.5) is 0 Å². The van der Waals surface area contributed by atoms with Crippen molar-refractivity contribution in [1.29, 1.82) is 0 Å². The van der Waals surface area contributed by atoms with Gasteiger partial charge in [0.1, 0.15) is 5.75 Å². The van der Waals surface area contributed by atoms with E-state index in [1.165, 1.54) is 6.39 Å². The normalized spacial score (nSPS) is 11.0. The number of nitrogens with zero attached hydrogens (tertiary/aromatic N) is 2. The molecule has 0 saturated heterocycles. The summed E-state index contributed by atoms with van der Waals surface area (Å²) in [6, 6.07) is 5.71. The lowest BCUT2D eigenvalue weighted by Crippen LogP contribution is -2.19.